The minimum absolute atomic E-state index is 0.148. The first-order valence-electron chi connectivity index (χ1n) is 10.2. The van der Waals surface area contributed by atoms with Crippen LogP contribution in [0.4, 0.5) is 11.4 Å². The number of hydrogen-bond donors (Lipinski definition) is 1. The summed E-state index contributed by atoms with van der Waals surface area (Å²) < 4.78 is 31.0. The Labute approximate surface area is 204 Å². The topological polar surface area (TPSA) is 75.7 Å². The second kappa shape index (κ2) is 11.4. The summed E-state index contributed by atoms with van der Waals surface area (Å²) in [5, 5.41) is 3.26. The number of halogens is 1. The monoisotopic (exact) mass is 504 g/mol. The van der Waals surface area contributed by atoms with E-state index in [0.717, 1.165) is 21.7 Å². The summed E-state index contributed by atoms with van der Waals surface area (Å²) in [6, 6.07) is 22.3. The zero-order valence-electron chi connectivity index (χ0n) is 18.3. The maximum absolute atomic E-state index is 12.6. The molecule has 0 spiro atoms. The average molecular weight is 505 g/mol. The molecule has 0 aromatic heterocycles. The van der Waals surface area contributed by atoms with E-state index in [9.17, 15) is 13.2 Å². The van der Waals surface area contributed by atoms with Gasteiger partial charge in [-0.2, -0.15) is 0 Å². The number of benzene rings is 3. The lowest BCUT2D eigenvalue weighted by Gasteiger charge is -2.23. The van der Waals surface area contributed by atoms with Crippen LogP contribution in [0.2, 0.25) is 5.02 Å². The van der Waals surface area contributed by atoms with Crippen molar-refractivity contribution in [1.29, 1.82) is 0 Å². The molecule has 0 saturated heterocycles. The van der Waals surface area contributed by atoms with Gasteiger partial charge in [-0.1, -0.05) is 53.7 Å². The highest BCUT2D eigenvalue weighted by atomic mass is 35.5. The number of nitrogens with one attached hydrogen (secondary N) is 1. The number of methoxy groups -OCH3 is 1. The number of anilines is 2. The van der Waals surface area contributed by atoms with Crippen molar-refractivity contribution in [1.82, 2.24) is 0 Å². The standard InChI is InChI=1S/C24H25ClN2O4S2/c1-31-22-15-14-18(17-20(22)25)27(33(2,29)30)16-8-13-24(28)26-21-11-6-7-12-23(21)32-19-9-4-3-5-10-19/h3-7,9-12,14-15,17H,8,13,16H2,1-2H3,(H,26,28). The number of amides is 1. The summed E-state index contributed by atoms with van der Waals surface area (Å²) in [6.45, 7) is 0.148. The average Bonchev–Trinajstić information content (AvgIpc) is 2.78. The Balaban J connectivity index is 1.63. The lowest BCUT2D eigenvalue weighted by atomic mass is 10.2. The minimum Gasteiger partial charge on any atom is -0.495 e. The second-order valence-electron chi connectivity index (χ2n) is 7.22. The Kier molecular flexibility index (Phi) is 8.66. The van der Waals surface area contributed by atoms with E-state index < -0.39 is 10.0 Å². The molecule has 174 valence electrons. The van der Waals surface area contributed by atoms with Crippen molar-refractivity contribution >= 4 is 50.7 Å². The van der Waals surface area contributed by atoms with Gasteiger partial charge in [-0.15, -0.1) is 0 Å². The van der Waals surface area contributed by atoms with Gasteiger partial charge >= 0.3 is 0 Å². The number of ether oxygens (including phenoxy) is 1. The van der Waals surface area contributed by atoms with E-state index in [1.807, 2.05) is 54.6 Å². The van der Waals surface area contributed by atoms with Gasteiger partial charge in [0.25, 0.3) is 0 Å². The smallest absolute Gasteiger partial charge is 0.232 e. The van der Waals surface area contributed by atoms with E-state index >= 15 is 0 Å². The fourth-order valence-electron chi connectivity index (χ4n) is 3.17. The largest absolute Gasteiger partial charge is 0.495 e. The van der Waals surface area contributed by atoms with Crippen LogP contribution in [0.15, 0.2) is 82.6 Å². The van der Waals surface area contributed by atoms with Crippen LogP contribution in [0.3, 0.4) is 0 Å². The molecule has 3 aromatic rings. The Morgan fingerprint density at radius 2 is 1.76 bits per heavy atom. The number of carbonyl (C=O) groups excluding carboxylic acids is 1. The summed E-state index contributed by atoms with van der Waals surface area (Å²) in [5.41, 5.74) is 1.14. The molecule has 1 N–H and O–H groups in total. The van der Waals surface area contributed by atoms with E-state index in [-0.39, 0.29) is 18.9 Å². The van der Waals surface area contributed by atoms with Crippen LogP contribution >= 0.6 is 23.4 Å². The Bertz CT molecular complexity index is 1200. The second-order valence-corrected chi connectivity index (χ2v) is 10.6. The van der Waals surface area contributed by atoms with E-state index in [0.29, 0.717) is 22.9 Å². The Hall–Kier alpha value is -2.68. The predicted octanol–water partition coefficient (Wildman–Crippen LogP) is 5.68. The van der Waals surface area contributed by atoms with E-state index in [2.05, 4.69) is 5.32 Å². The summed E-state index contributed by atoms with van der Waals surface area (Å²) in [4.78, 5) is 14.6. The molecule has 0 unspecified atom stereocenters. The molecular formula is C24H25ClN2O4S2. The summed E-state index contributed by atoms with van der Waals surface area (Å²) in [7, 11) is -2.06. The lowest BCUT2D eigenvalue weighted by molar-refractivity contribution is -0.116. The molecule has 1 amide bonds. The quantitative estimate of drug-likeness (QED) is 0.384. The molecule has 0 bridgehead atoms. The number of nitrogens with zero attached hydrogens (tertiary/aromatic N) is 1. The molecule has 0 fully saturated rings. The number of sulfonamides is 1. The first kappa shape index (κ1) is 25.0. The third-order valence-corrected chi connectivity index (χ3v) is 7.29. The number of hydrogen-bond acceptors (Lipinski definition) is 5. The fraction of sp³-hybridized carbons (Fsp3) is 0.208. The van der Waals surface area contributed by atoms with Gasteiger partial charge in [-0.3, -0.25) is 9.10 Å². The van der Waals surface area contributed by atoms with E-state index in [4.69, 9.17) is 16.3 Å². The maximum Gasteiger partial charge on any atom is 0.232 e. The highest BCUT2D eigenvalue weighted by Crippen LogP contribution is 2.33. The molecule has 6 nitrogen and oxygen atoms in total. The van der Waals surface area contributed by atoms with Crippen LogP contribution in [0.5, 0.6) is 5.75 Å². The van der Waals surface area contributed by atoms with Gasteiger partial charge < -0.3 is 10.1 Å². The first-order chi connectivity index (χ1) is 15.8. The molecule has 0 heterocycles. The molecule has 9 heteroatoms. The lowest BCUT2D eigenvalue weighted by Crippen LogP contribution is -2.31. The van der Waals surface area contributed by atoms with Gasteiger partial charge in [-0.25, -0.2) is 8.42 Å². The van der Waals surface area contributed by atoms with Gasteiger partial charge in [0.1, 0.15) is 5.75 Å². The van der Waals surface area contributed by atoms with Crippen molar-refractivity contribution in [3.63, 3.8) is 0 Å². The maximum atomic E-state index is 12.6. The number of para-hydroxylation sites is 1. The number of rotatable bonds is 10. The zero-order valence-corrected chi connectivity index (χ0v) is 20.7. The summed E-state index contributed by atoms with van der Waals surface area (Å²) >= 11 is 7.72. The van der Waals surface area contributed by atoms with Crippen LogP contribution in [0.1, 0.15) is 12.8 Å². The van der Waals surface area contributed by atoms with Crippen molar-refractivity contribution in [3.05, 3.63) is 77.8 Å². The zero-order chi connectivity index (χ0) is 23.8. The molecule has 3 rings (SSSR count). The highest BCUT2D eigenvalue weighted by molar-refractivity contribution is 7.99. The third kappa shape index (κ3) is 7.15. The Morgan fingerprint density at radius 1 is 1.06 bits per heavy atom. The van der Waals surface area contributed by atoms with Gasteiger partial charge in [0, 0.05) is 22.8 Å². The predicted molar refractivity (Wildman–Crippen MR) is 135 cm³/mol. The van der Waals surface area contributed by atoms with Crippen LogP contribution in [-0.2, 0) is 14.8 Å². The molecule has 0 radical (unpaired) electrons. The first-order valence-corrected chi connectivity index (χ1v) is 13.3. The van der Waals surface area contributed by atoms with E-state index in [1.165, 1.54) is 11.4 Å². The van der Waals surface area contributed by atoms with Gasteiger partial charge in [-0.05, 0) is 48.9 Å². The number of carbonyl (C=O) groups is 1. The van der Waals surface area contributed by atoms with Crippen LogP contribution in [0.25, 0.3) is 0 Å². The van der Waals surface area contributed by atoms with Crippen molar-refractivity contribution in [2.45, 2.75) is 22.6 Å². The van der Waals surface area contributed by atoms with E-state index in [1.54, 1.807) is 30.0 Å². The highest BCUT2D eigenvalue weighted by Gasteiger charge is 2.19. The molecule has 0 atom stereocenters. The molecule has 0 aliphatic heterocycles. The molecule has 0 aliphatic rings. The van der Waals surface area contributed by atoms with Crippen molar-refractivity contribution in [2.75, 3.05) is 29.5 Å². The van der Waals surface area contributed by atoms with Crippen LogP contribution < -0.4 is 14.4 Å². The summed E-state index contributed by atoms with van der Waals surface area (Å²) in [6.07, 6.45) is 1.64. The van der Waals surface area contributed by atoms with Crippen molar-refractivity contribution in [3.8, 4) is 5.75 Å². The normalized spacial score (nSPS) is 11.1. The van der Waals surface area contributed by atoms with Crippen LogP contribution in [-0.4, -0.2) is 34.2 Å². The molecule has 0 saturated carbocycles. The van der Waals surface area contributed by atoms with Gasteiger partial charge in [0.15, 0.2) is 0 Å². The van der Waals surface area contributed by atoms with Crippen molar-refractivity contribution < 1.29 is 17.9 Å². The third-order valence-electron chi connectivity index (χ3n) is 4.72. The molecule has 33 heavy (non-hydrogen) atoms. The van der Waals surface area contributed by atoms with Crippen molar-refractivity contribution in [2.24, 2.45) is 0 Å². The summed E-state index contributed by atoms with van der Waals surface area (Å²) in [5.74, 6) is 0.276. The minimum atomic E-state index is -3.55. The van der Waals surface area contributed by atoms with Gasteiger partial charge in [0.05, 0.1) is 29.8 Å². The molecule has 0 aliphatic carbocycles. The van der Waals surface area contributed by atoms with Crippen LogP contribution in [0, 0.1) is 0 Å². The SMILES string of the molecule is COc1ccc(N(CCCC(=O)Nc2ccccc2Sc2ccccc2)S(C)(=O)=O)cc1Cl. The Morgan fingerprint density at radius 3 is 2.42 bits per heavy atom. The van der Waals surface area contributed by atoms with Gasteiger partial charge in [0.2, 0.25) is 15.9 Å². The molecular weight excluding hydrogens is 480 g/mol. The molecule has 3 aromatic carbocycles. The fourth-order valence-corrected chi connectivity index (χ4v) is 5.30.